The van der Waals surface area contributed by atoms with E-state index in [-0.39, 0.29) is 23.7 Å². The monoisotopic (exact) mass is 372 g/mol. The van der Waals surface area contributed by atoms with Crippen molar-refractivity contribution < 1.29 is 14.4 Å². The Morgan fingerprint density at radius 1 is 1.15 bits per heavy atom. The lowest BCUT2D eigenvalue weighted by atomic mass is 9.81. The van der Waals surface area contributed by atoms with Crippen molar-refractivity contribution in [2.75, 3.05) is 4.90 Å². The standard InChI is InChI=1S/C20H24N2O3S/c1-2-9-3-6-12-13(7-9)26-20(16(12)17(21)23)22-18(24)14-10-4-5-11(8-10)15(14)19(22)25/h9-11,14-15H,2-8H2,1H3,(H2,21,23)/t9-,10-,11-,14-,15+/m0/s1. The van der Waals surface area contributed by atoms with Crippen LogP contribution in [0.2, 0.25) is 0 Å². The molecule has 3 amide bonds. The summed E-state index contributed by atoms with van der Waals surface area (Å²) in [5, 5.41) is 0.517. The van der Waals surface area contributed by atoms with Gasteiger partial charge in [-0.2, -0.15) is 0 Å². The van der Waals surface area contributed by atoms with E-state index in [0.717, 1.165) is 55.4 Å². The summed E-state index contributed by atoms with van der Waals surface area (Å²) in [6.07, 6.45) is 7.01. The van der Waals surface area contributed by atoms with Gasteiger partial charge in [-0.05, 0) is 61.8 Å². The topological polar surface area (TPSA) is 80.5 Å². The maximum absolute atomic E-state index is 13.2. The number of rotatable bonds is 3. The molecule has 3 aliphatic carbocycles. The van der Waals surface area contributed by atoms with E-state index in [1.54, 1.807) is 0 Å². The number of carbonyl (C=O) groups excluding carboxylic acids is 3. The highest BCUT2D eigenvalue weighted by atomic mass is 32.1. The van der Waals surface area contributed by atoms with Crippen molar-refractivity contribution in [3.05, 3.63) is 16.0 Å². The van der Waals surface area contributed by atoms with Crippen LogP contribution in [0.1, 0.15) is 59.8 Å². The number of imide groups is 1. The minimum Gasteiger partial charge on any atom is -0.365 e. The normalized spacial score (nSPS) is 35.1. The molecule has 0 radical (unpaired) electrons. The molecule has 2 saturated carbocycles. The van der Waals surface area contributed by atoms with E-state index in [1.807, 2.05) is 0 Å². The summed E-state index contributed by atoms with van der Waals surface area (Å²) in [7, 11) is 0. The van der Waals surface area contributed by atoms with Crippen molar-refractivity contribution in [2.24, 2.45) is 35.3 Å². The first-order valence-electron chi connectivity index (χ1n) is 9.83. The molecule has 4 aliphatic rings. The molecule has 1 aliphatic heterocycles. The predicted molar refractivity (Wildman–Crippen MR) is 98.9 cm³/mol. The van der Waals surface area contributed by atoms with Gasteiger partial charge in [-0.3, -0.25) is 14.4 Å². The van der Waals surface area contributed by atoms with Crippen LogP contribution < -0.4 is 10.6 Å². The molecule has 5 nitrogen and oxygen atoms in total. The van der Waals surface area contributed by atoms with Gasteiger partial charge in [0.15, 0.2) is 0 Å². The second-order valence-electron chi connectivity index (χ2n) is 8.46. The average Bonchev–Trinajstić information content (AvgIpc) is 3.35. The molecular weight excluding hydrogens is 348 g/mol. The van der Waals surface area contributed by atoms with E-state index in [0.29, 0.717) is 28.3 Å². The van der Waals surface area contributed by atoms with Gasteiger partial charge in [0.2, 0.25) is 11.8 Å². The summed E-state index contributed by atoms with van der Waals surface area (Å²) in [6.45, 7) is 2.18. The van der Waals surface area contributed by atoms with Gasteiger partial charge in [0.05, 0.1) is 17.4 Å². The van der Waals surface area contributed by atoms with E-state index >= 15 is 0 Å². The molecule has 1 saturated heterocycles. The number of amides is 3. The highest BCUT2D eigenvalue weighted by Gasteiger charge is 2.61. The zero-order valence-electron chi connectivity index (χ0n) is 15.0. The summed E-state index contributed by atoms with van der Waals surface area (Å²) in [5.74, 6) is 0.308. The molecule has 2 N–H and O–H groups in total. The molecule has 2 heterocycles. The van der Waals surface area contributed by atoms with Gasteiger partial charge in [-0.1, -0.05) is 13.3 Å². The third-order valence-corrected chi connectivity index (χ3v) is 8.54. The summed E-state index contributed by atoms with van der Waals surface area (Å²) in [6, 6.07) is 0. The van der Waals surface area contributed by atoms with Crippen molar-refractivity contribution in [3.63, 3.8) is 0 Å². The molecule has 3 fully saturated rings. The first-order valence-corrected chi connectivity index (χ1v) is 10.6. The Bertz CT molecular complexity index is 801. The van der Waals surface area contributed by atoms with E-state index in [2.05, 4.69) is 6.92 Å². The number of nitrogens with two attached hydrogens (primary N) is 1. The molecule has 6 heteroatoms. The van der Waals surface area contributed by atoms with E-state index in [9.17, 15) is 14.4 Å². The predicted octanol–water partition coefficient (Wildman–Crippen LogP) is 2.90. The van der Waals surface area contributed by atoms with Crippen LogP contribution in [0.5, 0.6) is 0 Å². The van der Waals surface area contributed by atoms with Crippen LogP contribution in [-0.2, 0) is 22.4 Å². The SMILES string of the molecule is CC[C@H]1CCc2c(sc(N3C(=O)[C@@H]4[C@H]5CC[C@@H](C5)[C@@H]4C3=O)c2C(N)=O)C1. The molecule has 0 aromatic carbocycles. The summed E-state index contributed by atoms with van der Waals surface area (Å²) < 4.78 is 0. The lowest BCUT2D eigenvalue weighted by Gasteiger charge is -2.20. The van der Waals surface area contributed by atoms with Gasteiger partial charge >= 0.3 is 0 Å². The third-order valence-electron chi connectivity index (χ3n) is 7.30. The molecule has 0 unspecified atom stereocenters. The summed E-state index contributed by atoms with van der Waals surface area (Å²) >= 11 is 1.46. The van der Waals surface area contributed by atoms with Crippen molar-refractivity contribution in [2.45, 2.75) is 51.9 Å². The van der Waals surface area contributed by atoms with Crippen molar-refractivity contribution in [3.8, 4) is 0 Å². The van der Waals surface area contributed by atoms with Crippen LogP contribution >= 0.6 is 11.3 Å². The minimum atomic E-state index is -0.506. The molecule has 5 atom stereocenters. The van der Waals surface area contributed by atoms with Crippen LogP contribution in [0.3, 0.4) is 0 Å². The largest absolute Gasteiger partial charge is 0.365 e. The van der Waals surface area contributed by atoms with Crippen LogP contribution in [0.15, 0.2) is 0 Å². The maximum Gasteiger partial charge on any atom is 0.252 e. The fourth-order valence-electron chi connectivity index (χ4n) is 6.01. The number of primary amides is 1. The van der Waals surface area contributed by atoms with E-state index < -0.39 is 5.91 Å². The van der Waals surface area contributed by atoms with Gasteiger partial charge in [0.1, 0.15) is 5.00 Å². The van der Waals surface area contributed by atoms with E-state index in [4.69, 9.17) is 5.73 Å². The Morgan fingerprint density at radius 3 is 2.38 bits per heavy atom. The Hall–Kier alpha value is -1.69. The number of thiophene rings is 1. The summed E-state index contributed by atoms with van der Waals surface area (Å²) in [4.78, 5) is 41.1. The van der Waals surface area contributed by atoms with Gasteiger partial charge in [0.25, 0.3) is 5.91 Å². The van der Waals surface area contributed by atoms with Crippen LogP contribution in [0.4, 0.5) is 5.00 Å². The highest BCUT2D eigenvalue weighted by Crippen LogP contribution is 2.57. The molecule has 138 valence electrons. The Morgan fingerprint density at radius 2 is 1.81 bits per heavy atom. The fourth-order valence-corrected chi connectivity index (χ4v) is 7.49. The number of fused-ring (bicyclic) bond motifs is 6. The fraction of sp³-hybridized carbons (Fsp3) is 0.650. The van der Waals surface area contributed by atoms with Crippen molar-refractivity contribution in [1.29, 1.82) is 0 Å². The van der Waals surface area contributed by atoms with Crippen LogP contribution in [-0.4, -0.2) is 17.7 Å². The molecule has 26 heavy (non-hydrogen) atoms. The molecule has 5 rings (SSSR count). The first-order chi connectivity index (χ1) is 12.5. The van der Waals surface area contributed by atoms with Crippen molar-refractivity contribution in [1.82, 2.24) is 0 Å². The minimum absolute atomic E-state index is 0.0830. The maximum atomic E-state index is 13.2. The van der Waals surface area contributed by atoms with Crippen LogP contribution in [0, 0.1) is 29.6 Å². The number of hydrogen-bond acceptors (Lipinski definition) is 4. The first kappa shape index (κ1) is 16.5. The number of nitrogens with zero attached hydrogens (tertiary/aromatic N) is 1. The Kier molecular flexibility index (Phi) is 3.58. The molecule has 1 aromatic heterocycles. The number of anilines is 1. The highest BCUT2D eigenvalue weighted by molar-refractivity contribution is 7.17. The van der Waals surface area contributed by atoms with Gasteiger partial charge in [-0.15, -0.1) is 11.3 Å². The van der Waals surface area contributed by atoms with Crippen LogP contribution in [0.25, 0.3) is 0 Å². The third kappa shape index (κ3) is 2.05. The lowest BCUT2D eigenvalue weighted by Crippen LogP contribution is -2.33. The molecule has 1 aromatic rings. The van der Waals surface area contributed by atoms with Gasteiger partial charge in [-0.25, -0.2) is 4.90 Å². The van der Waals surface area contributed by atoms with Gasteiger partial charge < -0.3 is 5.73 Å². The van der Waals surface area contributed by atoms with Gasteiger partial charge in [0, 0.05) is 4.88 Å². The zero-order chi connectivity index (χ0) is 18.2. The molecule has 0 spiro atoms. The second-order valence-corrected chi connectivity index (χ2v) is 9.55. The average molecular weight is 372 g/mol. The lowest BCUT2D eigenvalue weighted by molar-refractivity contribution is -0.123. The smallest absolute Gasteiger partial charge is 0.252 e. The van der Waals surface area contributed by atoms with E-state index in [1.165, 1.54) is 16.2 Å². The molecule has 2 bridgehead atoms. The Balaban J connectivity index is 1.58. The number of hydrogen-bond donors (Lipinski definition) is 1. The zero-order valence-corrected chi connectivity index (χ0v) is 15.8. The Labute approximate surface area is 156 Å². The molecular formula is C20H24N2O3S. The second kappa shape index (κ2) is 5.65. The quantitative estimate of drug-likeness (QED) is 0.829. The number of carbonyl (C=O) groups is 3. The summed E-state index contributed by atoms with van der Waals surface area (Å²) in [5.41, 5.74) is 7.14. The van der Waals surface area contributed by atoms with Crippen molar-refractivity contribution >= 4 is 34.1 Å².